The first-order chi connectivity index (χ1) is 7.93. The second-order valence-corrected chi connectivity index (χ2v) is 3.71. The highest BCUT2D eigenvalue weighted by molar-refractivity contribution is 5.74. The van der Waals surface area contributed by atoms with Crippen molar-refractivity contribution in [3.05, 3.63) is 44.6 Å². The van der Waals surface area contributed by atoms with E-state index in [4.69, 9.17) is 0 Å². The first kappa shape index (κ1) is 11.1. The van der Waals surface area contributed by atoms with E-state index in [1.54, 1.807) is 13.8 Å². The Balaban J connectivity index is 2.97. The highest BCUT2D eigenvalue weighted by Gasteiger charge is 2.21. The van der Waals surface area contributed by atoms with Crippen LogP contribution in [0.5, 0.6) is 0 Å². The number of benzene rings is 1. The van der Waals surface area contributed by atoms with Gasteiger partial charge in [0.15, 0.2) is 5.52 Å². The number of nitro groups is 1. The van der Waals surface area contributed by atoms with Crippen molar-refractivity contribution in [2.75, 3.05) is 0 Å². The second kappa shape index (κ2) is 3.55. The summed E-state index contributed by atoms with van der Waals surface area (Å²) >= 11 is 0. The summed E-state index contributed by atoms with van der Waals surface area (Å²) < 4.78 is 1.42. The average Bonchev–Trinajstić information content (AvgIpc) is 2.32. The largest absolute Gasteiger partial charge is 0.428 e. The molecule has 1 aromatic carbocycles. The molecule has 0 fully saturated rings. The summed E-state index contributed by atoms with van der Waals surface area (Å²) in [7, 11) is 0. The Labute approximate surface area is 95.2 Å². The molecule has 0 spiro atoms. The van der Waals surface area contributed by atoms with Crippen LogP contribution in [0.15, 0.2) is 18.2 Å². The van der Waals surface area contributed by atoms with E-state index in [1.807, 2.05) is 0 Å². The van der Waals surface area contributed by atoms with E-state index in [2.05, 4.69) is 0 Å². The zero-order chi connectivity index (χ0) is 12.7. The fourth-order valence-corrected chi connectivity index (χ4v) is 1.63. The summed E-state index contributed by atoms with van der Waals surface area (Å²) in [6.45, 7) is 3.12. The smallest absolute Gasteiger partial charge is 0.290 e. The van der Waals surface area contributed by atoms with Crippen LogP contribution in [0.2, 0.25) is 0 Å². The van der Waals surface area contributed by atoms with E-state index in [-0.39, 0.29) is 16.7 Å². The van der Waals surface area contributed by atoms with E-state index < -0.39 is 4.92 Å². The van der Waals surface area contributed by atoms with Gasteiger partial charge in [-0.2, -0.15) is 4.73 Å². The molecule has 17 heavy (non-hydrogen) atoms. The van der Waals surface area contributed by atoms with Crippen molar-refractivity contribution < 1.29 is 14.6 Å². The van der Waals surface area contributed by atoms with Gasteiger partial charge in [0.2, 0.25) is 0 Å². The molecule has 0 radical (unpaired) electrons. The molecular weight excluding hydrogens is 226 g/mol. The lowest BCUT2D eigenvalue weighted by atomic mass is 10.2. The van der Waals surface area contributed by atoms with Crippen molar-refractivity contribution in [1.82, 2.24) is 4.73 Å². The Morgan fingerprint density at radius 2 is 2.06 bits per heavy atom. The van der Waals surface area contributed by atoms with Gasteiger partial charge in [-0.1, -0.05) is 0 Å². The molecule has 0 aliphatic heterocycles. The third-order valence-corrected chi connectivity index (χ3v) is 2.76. The van der Waals surface area contributed by atoms with Crippen LogP contribution in [0.25, 0.3) is 11.0 Å². The minimum atomic E-state index is -0.580. The number of nitro benzene ring substituents is 1. The van der Waals surface area contributed by atoms with Crippen LogP contribution in [0.4, 0.5) is 5.69 Å². The van der Waals surface area contributed by atoms with E-state index in [0.717, 1.165) is 10.8 Å². The molecule has 0 aliphatic carbocycles. The molecule has 2 rings (SSSR count). The van der Waals surface area contributed by atoms with E-state index >= 15 is 0 Å². The molecular formula is C10H10N3O4+. The molecule has 2 aromatic rings. The highest BCUT2D eigenvalue weighted by Crippen LogP contribution is 2.19. The quantitative estimate of drug-likeness (QED) is 0.350. The molecule has 0 aliphatic rings. The topological polar surface area (TPSA) is 91.3 Å². The third kappa shape index (κ3) is 1.52. The molecule has 88 valence electrons. The fraction of sp³-hybridized carbons (Fsp3) is 0.200. The monoisotopic (exact) mass is 236 g/mol. The van der Waals surface area contributed by atoms with Gasteiger partial charge in [-0.25, -0.2) is 0 Å². The van der Waals surface area contributed by atoms with Gasteiger partial charge in [-0.15, -0.1) is 0 Å². The summed E-state index contributed by atoms with van der Waals surface area (Å²) in [4.78, 5) is 21.8. The van der Waals surface area contributed by atoms with Crippen LogP contribution >= 0.6 is 0 Å². The van der Waals surface area contributed by atoms with E-state index in [0.29, 0.717) is 15.8 Å². The summed E-state index contributed by atoms with van der Waals surface area (Å²) in [5, 5.41) is 20.4. The number of non-ortho nitro benzene ring substituents is 1. The number of aromatic nitrogens is 2. The molecule has 1 N–H and O–H groups in total. The van der Waals surface area contributed by atoms with Crippen LogP contribution < -0.4 is 4.43 Å². The first-order valence-corrected chi connectivity index (χ1v) is 4.85. The number of hydrogen-bond acceptors (Lipinski definition) is 4. The standard InChI is InChI=1S/C10H10N3O4/c1-6-7(2)12(15)10-5-8(13(16)17)3-4-9(10)11(6)14/h3-5,15H,1-2H3/q+1. The molecule has 0 bridgehead atoms. The number of hydrogen-bond donors (Lipinski definition) is 1. The Hall–Kier alpha value is -2.44. The van der Waals surface area contributed by atoms with E-state index in [9.17, 15) is 20.2 Å². The Morgan fingerprint density at radius 3 is 2.65 bits per heavy atom. The van der Waals surface area contributed by atoms with Gasteiger partial charge >= 0.3 is 0 Å². The second-order valence-electron chi connectivity index (χ2n) is 3.71. The number of nitrogens with zero attached hydrogens (tertiary/aromatic N) is 3. The number of fused-ring (bicyclic) bond motifs is 1. The molecule has 0 atom stereocenters. The summed E-state index contributed by atoms with van der Waals surface area (Å²) in [6.07, 6.45) is 0. The maximum atomic E-state index is 11.8. The van der Waals surface area contributed by atoms with Gasteiger partial charge in [0, 0.05) is 24.0 Å². The molecule has 7 nitrogen and oxygen atoms in total. The van der Waals surface area contributed by atoms with Gasteiger partial charge < -0.3 is 5.21 Å². The summed E-state index contributed by atoms with van der Waals surface area (Å²) in [5.74, 6) is 0. The third-order valence-electron chi connectivity index (χ3n) is 2.76. The van der Waals surface area contributed by atoms with Crippen LogP contribution in [0.1, 0.15) is 11.4 Å². The first-order valence-electron chi connectivity index (χ1n) is 4.85. The summed E-state index contributed by atoms with van der Waals surface area (Å²) in [5.41, 5.74) is 0.795. The lowest BCUT2D eigenvalue weighted by molar-refractivity contribution is -0.474. The minimum Gasteiger partial charge on any atom is -0.428 e. The Morgan fingerprint density at radius 1 is 1.41 bits per heavy atom. The average molecular weight is 236 g/mol. The van der Waals surface area contributed by atoms with Crippen LogP contribution in [0, 0.1) is 28.9 Å². The highest BCUT2D eigenvalue weighted by atomic mass is 16.6. The van der Waals surface area contributed by atoms with Gasteiger partial charge in [-0.3, -0.25) is 10.1 Å². The van der Waals surface area contributed by atoms with Crippen LogP contribution in [-0.4, -0.2) is 14.9 Å². The van der Waals surface area contributed by atoms with E-state index in [1.165, 1.54) is 12.1 Å². The Kier molecular flexibility index (Phi) is 2.31. The fourth-order valence-electron chi connectivity index (χ4n) is 1.63. The van der Waals surface area contributed by atoms with Gasteiger partial charge in [0.1, 0.15) is 5.69 Å². The minimum absolute atomic E-state index is 0.109. The summed E-state index contributed by atoms with van der Waals surface area (Å²) in [6, 6.07) is 3.71. The Bertz CT molecular complexity index is 690. The van der Waals surface area contributed by atoms with Crippen LogP contribution in [-0.2, 0) is 0 Å². The maximum Gasteiger partial charge on any atom is 0.290 e. The van der Waals surface area contributed by atoms with Crippen molar-refractivity contribution in [2.45, 2.75) is 13.8 Å². The zero-order valence-corrected chi connectivity index (χ0v) is 9.25. The van der Waals surface area contributed by atoms with Crippen molar-refractivity contribution in [3.8, 4) is 0 Å². The predicted octanol–water partition coefficient (Wildman–Crippen LogP) is 1.32. The van der Waals surface area contributed by atoms with Crippen LogP contribution in [0.3, 0.4) is 0 Å². The maximum absolute atomic E-state index is 11.8. The molecule has 0 saturated heterocycles. The van der Waals surface area contributed by atoms with Crippen molar-refractivity contribution in [2.24, 2.45) is 0 Å². The lowest BCUT2D eigenvalue weighted by Gasteiger charge is -2.03. The number of rotatable bonds is 1. The van der Waals surface area contributed by atoms with Gasteiger partial charge in [0.05, 0.1) is 15.4 Å². The van der Waals surface area contributed by atoms with Gasteiger partial charge in [0.25, 0.3) is 16.9 Å². The normalized spacial score (nSPS) is 10.7. The molecule has 1 aromatic heterocycles. The van der Waals surface area contributed by atoms with Crippen molar-refractivity contribution >= 4 is 16.7 Å². The molecule has 0 unspecified atom stereocenters. The molecule has 0 saturated carbocycles. The predicted molar refractivity (Wildman–Crippen MR) is 58.6 cm³/mol. The molecule has 0 amide bonds. The van der Waals surface area contributed by atoms with Gasteiger partial charge in [-0.05, 0) is 6.92 Å². The zero-order valence-electron chi connectivity index (χ0n) is 9.25. The molecule has 7 heteroatoms. The van der Waals surface area contributed by atoms with Crippen molar-refractivity contribution in [3.63, 3.8) is 0 Å². The van der Waals surface area contributed by atoms with Crippen molar-refractivity contribution in [1.29, 1.82) is 0 Å². The SMILES string of the molecule is Cc1c(C)[n+](=O)c2ccc([N+](=O)[O-])cc2n1O. The lowest BCUT2D eigenvalue weighted by Crippen LogP contribution is -2.25. The molecule has 1 heterocycles.